The molecule has 1 aliphatic rings. The summed E-state index contributed by atoms with van der Waals surface area (Å²) in [4.78, 5) is 22.3. The van der Waals surface area contributed by atoms with Gasteiger partial charge in [0.1, 0.15) is 5.69 Å². The summed E-state index contributed by atoms with van der Waals surface area (Å²) in [5, 5.41) is 0.313. The molecule has 1 fully saturated rings. The molecule has 3 heterocycles. The molecule has 11 heteroatoms. The van der Waals surface area contributed by atoms with Crippen molar-refractivity contribution >= 4 is 28.0 Å². The van der Waals surface area contributed by atoms with Gasteiger partial charge < -0.3 is 4.74 Å². The van der Waals surface area contributed by atoms with Crippen LogP contribution in [0.15, 0.2) is 30.5 Å². The highest BCUT2D eigenvalue weighted by molar-refractivity contribution is 7.15. The number of hydrogen-bond donors (Lipinski definition) is 0. The minimum Gasteiger partial charge on any atom is -0.363 e. The van der Waals surface area contributed by atoms with E-state index >= 15 is 0 Å². The largest absolute Gasteiger partial charge is 0.415 e. The predicted molar refractivity (Wildman–Crippen MR) is 113 cm³/mol. The highest BCUT2D eigenvalue weighted by Crippen LogP contribution is 2.36. The molecule has 1 saturated heterocycles. The molecule has 0 N–H and O–H groups in total. The molecule has 0 saturated carbocycles. The summed E-state index contributed by atoms with van der Waals surface area (Å²) in [6.45, 7) is 3.25. The standard InChI is InChI=1S/C22H20F5N3O2S/c1-11-8-30(10-19(32-11)22(25,26)27)9-13-3-4-14-15(18-7-28-21(33-18)20(23)24)6-16(12(2)31)29-17(14)5-13/h3-7,11,19-20H,8-10H2,1-2H3/t11-,19-/m1/s1. The average molecular weight is 485 g/mol. The van der Waals surface area contributed by atoms with Gasteiger partial charge in [-0.15, -0.1) is 11.3 Å². The van der Waals surface area contributed by atoms with Gasteiger partial charge in [0.2, 0.25) is 0 Å². The molecule has 0 amide bonds. The van der Waals surface area contributed by atoms with E-state index in [2.05, 4.69) is 9.97 Å². The average Bonchev–Trinajstić information content (AvgIpc) is 3.22. The smallest absolute Gasteiger partial charge is 0.363 e. The molecular weight excluding hydrogens is 465 g/mol. The highest BCUT2D eigenvalue weighted by atomic mass is 32.1. The normalized spacial score (nSPS) is 20.0. The van der Waals surface area contributed by atoms with Gasteiger partial charge in [0, 0.05) is 43.7 Å². The van der Waals surface area contributed by atoms with Crippen molar-refractivity contribution in [2.45, 2.75) is 45.2 Å². The number of nitrogens with zero attached hydrogens (tertiary/aromatic N) is 3. The monoisotopic (exact) mass is 485 g/mol. The van der Waals surface area contributed by atoms with Crippen LogP contribution < -0.4 is 0 Å². The number of carbonyl (C=O) groups is 1. The minimum atomic E-state index is -4.45. The molecule has 0 radical (unpaired) electrons. The van der Waals surface area contributed by atoms with E-state index in [1.54, 1.807) is 36.1 Å². The lowest BCUT2D eigenvalue weighted by atomic mass is 10.0. The van der Waals surface area contributed by atoms with Crippen LogP contribution in [-0.2, 0) is 11.3 Å². The maximum atomic E-state index is 13.2. The van der Waals surface area contributed by atoms with Crippen LogP contribution in [0, 0.1) is 0 Å². The molecule has 2 atom stereocenters. The van der Waals surface area contributed by atoms with Crippen LogP contribution in [0.3, 0.4) is 0 Å². The van der Waals surface area contributed by atoms with Crippen LogP contribution >= 0.6 is 11.3 Å². The Morgan fingerprint density at radius 3 is 2.67 bits per heavy atom. The second-order valence-corrected chi connectivity index (χ2v) is 9.06. The Bertz CT molecular complexity index is 1180. The number of fused-ring (bicyclic) bond motifs is 1. The van der Waals surface area contributed by atoms with Crippen molar-refractivity contribution in [1.82, 2.24) is 14.9 Å². The Labute approximate surface area is 190 Å². The number of Topliss-reactive ketones (excluding diaryl/α,β-unsaturated/α-hetero) is 1. The van der Waals surface area contributed by atoms with Crippen molar-refractivity contribution in [3.8, 4) is 10.4 Å². The molecule has 3 aromatic rings. The molecule has 0 bridgehead atoms. The van der Waals surface area contributed by atoms with Crippen LogP contribution in [0.2, 0.25) is 0 Å². The summed E-state index contributed by atoms with van der Waals surface area (Å²) in [5.41, 5.74) is 1.89. The van der Waals surface area contributed by atoms with Crippen molar-refractivity contribution in [2.75, 3.05) is 13.1 Å². The van der Waals surface area contributed by atoms with Crippen LogP contribution in [-0.4, -0.2) is 52.1 Å². The Morgan fingerprint density at radius 2 is 2.03 bits per heavy atom. The van der Waals surface area contributed by atoms with Crippen LogP contribution in [0.1, 0.15) is 41.3 Å². The number of benzene rings is 1. The lowest BCUT2D eigenvalue weighted by Gasteiger charge is -2.37. The summed E-state index contributed by atoms with van der Waals surface area (Å²) in [7, 11) is 0. The zero-order valence-corrected chi connectivity index (χ0v) is 18.5. The fourth-order valence-corrected chi connectivity index (χ4v) is 4.68. The fourth-order valence-electron chi connectivity index (χ4n) is 3.88. The van der Waals surface area contributed by atoms with E-state index in [0.29, 0.717) is 33.5 Å². The molecular formula is C22H20F5N3O2S. The van der Waals surface area contributed by atoms with E-state index in [1.165, 1.54) is 13.1 Å². The van der Waals surface area contributed by atoms with Gasteiger partial charge in [0.05, 0.1) is 16.5 Å². The van der Waals surface area contributed by atoms with Crippen molar-refractivity contribution in [3.05, 3.63) is 46.7 Å². The van der Waals surface area contributed by atoms with Gasteiger partial charge in [-0.05, 0) is 24.6 Å². The maximum Gasteiger partial charge on any atom is 0.415 e. The number of halogens is 5. The van der Waals surface area contributed by atoms with Gasteiger partial charge in [-0.3, -0.25) is 9.69 Å². The van der Waals surface area contributed by atoms with Crippen LogP contribution in [0.25, 0.3) is 21.3 Å². The summed E-state index contributed by atoms with van der Waals surface area (Å²) in [6.07, 6.45) is -8.24. The fraction of sp³-hybridized carbons (Fsp3) is 0.409. The highest BCUT2D eigenvalue weighted by Gasteiger charge is 2.44. The number of thiazole rings is 1. The molecule has 1 aromatic carbocycles. The first-order chi connectivity index (χ1) is 15.5. The Balaban J connectivity index is 1.69. The summed E-state index contributed by atoms with van der Waals surface area (Å²) < 4.78 is 70.6. The number of rotatable bonds is 5. The Kier molecular flexibility index (Phi) is 6.47. The van der Waals surface area contributed by atoms with E-state index in [9.17, 15) is 26.7 Å². The van der Waals surface area contributed by atoms with Gasteiger partial charge in [-0.25, -0.2) is 18.7 Å². The second kappa shape index (κ2) is 9.03. The maximum absolute atomic E-state index is 13.2. The Hall–Kier alpha value is -2.50. The zero-order valence-electron chi connectivity index (χ0n) is 17.7. The third-order valence-corrected chi connectivity index (χ3v) is 6.36. The number of hydrogen-bond acceptors (Lipinski definition) is 6. The van der Waals surface area contributed by atoms with Gasteiger partial charge in [-0.1, -0.05) is 12.1 Å². The first kappa shape index (κ1) is 23.7. The number of ether oxygens (including phenoxy) is 1. The van der Waals surface area contributed by atoms with E-state index in [0.717, 1.165) is 11.3 Å². The predicted octanol–water partition coefficient (Wildman–Crippen LogP) is 5.65. The first-order valence-corrected chi connectivity index (χ1v) is 11.0. The molecule has 4 rings (SSSR count). The number of alkyl halides is 5. The van der Waals surface area contributed by atoms with Gasteiger partial charge >= 0.3 is 6.18 Å². The molecule has 0 spiro atoms. The SMILES string of the molecule is CC(=O)c1cc(-c2cnc(C(F)F)s2)c2ccc(CN3C[C@@H](C)O[C@@H](C(F)(F)F)C3)cc2n1. The molecule has 33 heavy (non-hydrogen) atoms. The lowest BCUT2D eigenvalue weighted by Crippen LogP contribution is -2.51. The molecule has 0 aliphatic carbocycles. The minimum absolute atomic E-state index is 0.166. The number of morpholine rings is 1. The van der Waals surface area contributed by atoms with Crippen molar-refractivity contribution in [1.29, 1.82) is 0 Å². The van der Waals surface area contributed by atoms with Crippen LogP contribution in [0.4, 0.5) is 22.0 Å². The van der Waals surface area contributed by atoms with Gasteiger partial charge in [0.15, 0.2) is 16.9 Å². The third kappa shape index (κ3) is 5.20. The second-order valence-electron chi connectivity index (χ2n) is 8.00. The Morgan fingerprint density at radius 1 is 1.27 bits per heavy atom. The summed E-state index contributed by atoms with van der Waals surface area (Å²) in [6, 6.07) is 6.76. The number of carbonyl (C=O) groups excluding carboxylic acids is 1. The zero-order chi connectivity index (χ0) is 23.9. The quantitative estimate of drug-likeness (QED) is 0.345. The number of pyridine rings is 1. The molecule has 1 aliphatic heterocycles. The van der Waals surface area contributed by atoms with Crippen molar-refractivity contribution < 1.29 is 31.5 Å². The lowest BCUT2D eigenvalue weighted by molar-refractivity contribution is -0.252. The van der Waals surface area contributed by atoms with E-state index in [4.69, 9.17) is 4.74 Å². The molecule has 176 valence electrons. The van der Waals surface area contributed by atoms with Gasteiger partial charge in [0.25, 0.3) is 6.43 Å². The third-order valence-electron chi connectivity index (χ3n) is 5.32. The molecule has 5 nitrogen and oxygen atoms in total. The topological polar surface area (TPSA) is 55.3 Å². The van der Waals surface area contributed by atoms with Gasteiger partial charge in [-0.2, -0.15) is 13.2 Å². The molecule has 0 unspecified atom stereocenters. The van der Waals surface area contributed by atoms with Crippen molar-refractivity contribution in [3.63, 3.8) is 0 Å². The number of aromatic nitrogens is 2. The summed E-state index contributed by atoms with van der Waals surface area (Å²) in [5.74, 6) is -0.294. The summed E-state index contributed by atoms with van der Waals surface area (Å²) >= 11 is 0.836. The number of ketones is 1. The van der Waals surface area contributed by atoms with Crippen LogP contribution in [0.5, 0.6) is 0 Å². The van der Waals surface area contributed by atoms with E-state index in [-0.39, 0.29) is 29.6 Å². The van der Waals surface area contributed by atoms with E-state index in [1.807, 2.05) is 0 Å². The van der Waals surface area contributed by atoms with E-state index < -0.39 is 24.8 Å². The first-order valence-electron chi connectivity index (χ1n) is 10.1. The van der Waals surface area contributed by atoms with Crippen molar-refractivity contribution in [2.24, 2.45) is 0 Å². The molecule has 2 aromatic heterocycles.